The zero-order valence-electron chi connectivity index (χ0n) is 33.9. The largest absolute Gasteiger partial charge is 0.462 e. The number of allylic oxidation sites excluding steroid dienone is 2. The second-order valence-electron chi connectivity index (χ2n) is 15.0. The minimum atomic E-state index is -0.526. The van der Waals surface area contributed by atoms with Gasteiger partial charge in [-0.05, 0) is 44.9 Å². The van der Waals surface area contributed by atoms with Crippen LogP contribution in [0.4, 0.5) is 0 Å². The summed E-state index contributed by atoms with van der Waals surface area (Å²) in [4.78, 5) is 25.1. The van der Waals surface area contributed by atoms with E-state index in [1.54, 1.807) is 0 Å². The molecule has 5 heteroatoms. The first kappa shape index (κ1) is 48.6. The van der Waals surface area contributed by atoms with Crippen LogP contribution in [0.25, 0.3) is 0 Å². The molecule has 0 aliphatic rings. The number of carbonyl (C=O) groups excluding carboxylic acids is 2. The summed E-state index contributed by atoms with van der Waals surface area (Å²) < 4.78 is 17.2. The third kappa shape index (κ3) is 39.4. The molecule has 0 amide bonds. The summed E-state index contributed by atoms with van der Waals surface area (Å²) in [5, 5.41) is 0. The third-order valence-corrected chi connectivity index (χ3v) is 9.80. The van der Waals surface area contributed by atoms with Gasteiger partial charge >= 0.3 is 11.9 Å². The fourth-order valence-corrected chi connectivity index (χ4v) is 6.45. The van der Waals surface area contributed by atoms with Crippen molar-refractivity contribution in [2.24, 2.45) is 0 Å². The number of ether oxygens (including phenoxy) is 3. The molecule has 0 rings (SSSR count). The van der Waals surface area contributed by atoms with Crippen molar-refractivity contribution in [2.45, 2.75) is 245 Å². The van der Waals surface area contributed by atoms with Gasteiger partial charge < -0.3 is 14.2 Å². The lowest BCUT2D eigenvalue weighted by atomic mass is 10.0. The molecule has 0 saturated heterocycles. The Balaban J connectivity index is 4.13. The molecule has 296 valence electrons. The van der Waals surface area contributed by atoms with E-state index < -0.39 is 6.10 Å². The summed E-state index contributed by atoms with van der Waals surface area (Å²) in [6.07, 6.45) is 45.0. The SMILES string of the molecule is CCCCCC/C=C\CCCCCCCCOCC(COC(=O)CCCCCCCCCCCCCCC)OC(=O)CCCCCCCCC. The molecule has 0 aliphatic carbocycles. The number of unbranched alkanes of at least 4 members (excludes halogenated alkanes) is 28. The highest BCUT2D eigenvalue weighted by Gasteiger charge is 2.17. The maximum absolute atomic E-state index is 12.6. The molecule has 0 radical (unpaired) electrons. The Morgan fingerprint density at radius 3 is 1.24 bits per heavy atom. The van der Waals surface area contributed by atoms with Crippen LogP contribution in [0.1, 0.15) is 239 Å². The van der Waals surface area contributed by atoms with Gasteiger partial charge in [-0.15, -0.1) is 0 Å². The highest BCUT2D eigenvalue weighted by atomic mass is 16.6. The van der Waals surface area contributed by atoms with Crippen LogP contribution in [0.5, 0.6) is 0 Å². The molecule has 0 aromatic rings. The maximum Gasteiger partial charge on any atom is 0.306 e. The van der Waals surface area contributed by atoms with E-state index in [1.807, 2.05) is 0 Å². The van der Waals surface area contributed by atoms with Crippen LogP contribution < -0.4 is 0 Å². The van der Waals surface area contributed by atoms with Crippen molar-refractivity contribution in [3.63, 3.8) is 0 Å². The van der Waals surface area contributed by atoms with E-state index >= 15 is 0 Å². The van der Waals surface area contributed by atoms with Crippen molar-refractivity contribution in [3.05, 3.63) is 12.2 Å². The highest BCUT2D eigenvalue weighted by molar-refractivity contribution is 5.70. The van der Waals surface area contributed by atoms with Gasteiger partial charge in [0.05, 0.1) is 6.61 Å². The summed E-state index contributed by atoms with van der Waals surface area (Å²) >= 11 is 0. The highest BCUT2D eigenvalue weighted by Crippen LogP contribution is 2.14. The predicted molar refractivity (Wildman–Crippen MR) is 215 cm³/mol. The van der Waals surface area contributed by atoms with E-state index in [-0.39, 0.29) is 18.5 Å². The van der Waals surface area contributed by atoms with Crippen LogP contribution in [0.3, 0.4) is 0 Å². The van der Waals surface area contributed by atoms with E-state index in [9.17, 15) is 9.59 Å². The Bertz CT molecular complexity index is 720. The van der Waals surface area contributed by atoms with Gasteiger partial charge in [0.15, 0.2) is 6.10 Å². The standard InChI is InChI=1S/C45H86O5/c1-4-7-10-13-16-18-20-22-24-26-28-31-34-37-40-48-41-43(50-45(47)39-36-33-29-15-12-9-6-3)42-49-44(46)38-35-32-30-27-25-23-21-19-17-14-11-8-5-2/h18,20,43H,4-17,19,21-42H2,1-3H3/b20-18-. The molecule has 0 aromatic carbocycles. The fourth-order valence-electron chi connectivity index (χ4n) is 6.45. The topological polar surface area (TPSA) is 61.8 Å². The smallest absolute Gasteiger partial charge is 0.306 e. The van der Waals surface area contributed by atoms with Gasteiger partial charge in [0.2, 0.25) is 0 Å². The van der Waals surface area contributed by atoms with E-state index in [2.05, 4.69) is 32.9 Å². The number of hydrogen-bond donors (Lipinski definition) is 0. The van der Waals surface area contributed by atoms with Gasteiger partial charge in [0.1, 0.15) is 6.61 Å². The van der Waals surface area contributed by atoms with Gasteiger partial charge in [0.25, 0.3) is 0 Å². The van der Waals surface area contributed by atoms with Crippen molar-refractivity contribution in [1.82, 2.24) is 0 Å². The molecule has 0 spiro atoms. The lowest BCUT2D eigenvalue weighted by Gasteiger charge is -2.18. The van der Waals surface area contributed by atoms with Crippen molar-refractivity contribution in [1.29, 1.82) is 0 Å². The average molecular weight is 707 g/mol. The van der Waals surface area contributed by atoms with Gasteiger partial charge in [0, 0.05) is 19.4 Å². The molecule has 0 saturated carbocycles. The van der Waals surface area contributed by atoms with Crippen LogP contribution in [-0.4, -0.2) is 37.9 Å². The lowest BCUT2D eigenvalue weighted by molar-refractivity contribution is -0.163. The summed E-state index contributed by atoms with van der Waals surface area (Å²) in [6, 6.07) is 0. The predicted octanol–water partition coefficient (Wildman–Crippen LogP) is 14.3. The zero-order chi connectivity index (χ0) is 36.4. The number of carbonyl (C=O) groups is 2. The van der Waals surface area contributed by atoms with Crippen LogP contribution in [0, 0.1) is 0 Å². The Morgan fingerprint density at radius 1 is 0.420 bits per heavy atom. The normalized spacial score (nSPS) is 12.1. The van der Waals surface area contributed by atoms with Crippen LogP contribution >= 0.6 is 0 Å². The van der Waals surface area contributed by atoms with Crippen molar-refractivity contribution in [3.8, 4) is 0 Å². The molecule has 1 unspecified atom stereocenters. The molecule has 0 aromatic heterocycles. The summed E-state index contributed by atoms with van der Waals surface area (Å²) in [6.45, 7) is 7.80. The summed E-state index contributed by atoms with van der Waals surface area (Å²) in [7, 11) is 0. The molecule has 5 nitrogen and oxygen atoms in total. The Labute approximate surface area is 312 Å². The first-order chi connectivity index (χ1) is 24.6. The van der Waals surface area contributed by atoms with Gasteiger partial charge in [-0.3, -0.25) is 9.59 Å². The molecule has 0 bridgehead atoms. The monoisotopic (exact) mass is 707 g/mol. The van der Waals surface area contributed by atoms with E-state index in [4.69, 9.17) is 14.2 Å². The molecular formula is C45H86O5. The molecule has 0 aliphatic heterocycles. The first-order valence-electron chi connectivity index (χ1n) is 22.2. The van der Waals surface area contributed by atoms with Crippen LogP contribution in [-0.2, 0) is 23.8 Å². The summed E-state index contributed by atoms with van der Waals surface area (Å²) in [5.41, 5.74) is 0. The van der Waals surface area contributed by atoms with Crippen LogP contribution in [0.15, 0.2) is 12.2 Å². The first-order valence-corrected chi connectivity index (χ1v) is 22.2. The molecule has 50 heavy (non-hydrogen) atoms. The lowest BCUT2D eigenvalue weighted by Crippen LogP contribution is -2.30. The maximum atomic E-state index is 12.6. The van der Waals surface area contributed by atoms with Gasteiger partial charge in [-0.25, -0.2) is 0 Å². The van der Waals surface area contributed by atoms with Gasteiger partial charge in [-0.2, -0.15) is 0 Å². The minimum Gasteiger partial charge on any atom is -0.462 e. The molecule has 0 heterocycles. The number of rotatable bonds is 41. The zero-order valence-corrected chi connectivity index (χ0v) is 33.9. The number of esters is 2. The van der Waals surface area contributed by atoms with Crippen molar-refractivity contribution in [2.75, 3.05) is 19.8 Å². The quantitative estimate of drug-likeness (QED) is 0.0360. The summed E-state index contributed by atoms with van der Waals surface area (Å²) in [5.74, 6) is -0.394. The molecular weight excluding hydrogens is 620 g/mol. The second kappa shape index (κ2) is 42.1. The fraction of sp³-hybridized carbons (Fsp3) is 0.911. The second-order valence-corrected chi connectivity index (χ2v) is 15.0. The number of hydrogen-bond acceptors (Lipinski definition) is 5. The third-order valence-electron chi connectivity index (χ3n) is 9.80. The molecule has 0 fully saturated rings. The van der Waals surface area contributed by atoms with E-state index in [0.29, 0.717) is 26.1 Å². The van der Waals surface area contributed by atoms with Crippen molar-refractivity contribution >= 4 is 11.9 Å². The molecule has 0 N–H and O–H groups in total. The van der Waals surface area contributed by atoms with E-state index in [0.717, 1.165) is 38.5 Å². The Kier molecular flexibility index (Phi) is 40.9. The van der Waals surface area contributed by atoms with Crippen LogP contribution in [0.2, 0.25) is 0 Å². The Hall–Kier alpha value is -1.36. The average Bonchev–Trinajstić information content (AvgIpc) is 3.11. The minimum absolute atomic E-state index is 0.0905. The Morgan fingerprint density at radius 2 is 0.780 bits per heavy atom. The van der Waals surface area contributed by atoms with Gasteiger partial charge in [-0.1, -0.05) is 193 Å². The van der Waals surface area contributed by atoms with E-state index in [1.165, 1.54) is 167 Å². The van der Waals surface area contributed by atoms with Crippen molar-refractivity contribution < 1.29 is 23.8 Å². The molecule has 1 atom stereocenters.